The number of benzene rings is 2. The zero-order chi connectivity index (χ0) is 25.0. The molecular formula is C26H35N5O3S. The molecule has 35 heavy (non-hydrogen) atoms. The lowest BCUT2D eigenvalue weighted by molar-refractivity contribution is -0.133. The second-order valence-corrected chi connectivity index (χ2v) is 10.9. The Morgan fingerprint density at radius 1 is 1.00 bits per heavy atom. The lowest BCUT2D eigenvalue weighted by Crippen LogP contribution is -2.48. The van der Waals surface area contributed by atoms with Crippen LogP contribution < -0.4 is 0 Å². The van der Waals surface area contributed by atoms with Crippen LogP contribution in [0.2, 0.25) is 0 Å². The number of imidazole rings is 1. The van der Waals surface area contributed by atoms with Crippen molar-refractivity contribution in [3.63, 3.8) is 0 Å². The topological polar surface area (TPSA) is 78.8 Å². The van der Waals surface area contributed by atoms with Crippen LogP contribution in [-0.4, -0.2) is 77.2 Å². The number of rotatable bonds is 9. The van der Waals surface area contributed by atoms with Crippen molar-refractivity contribution in [2.24, 2.45) is 7.05 Å². The number of amides is 1. The Balaban J connectivity index is 1.36. The van der Waals surface area contributed by atoms with Crippen molar-refractivity contribution in [3.05, 3.63) is 59.9 Å². The molecule has 0 unspecified atom stereocenters. The first-order valence-electron chi connectivity index (χ1n) is 12.3. The van der Waals surface area contributed by atoms with E-state index in [1.165, 1.54) is 9.87 Å². The molecule has 188 valence electrons. The number of carbonyl (C=O) groups is 1. The Hall–Kier alpha value is -2.75. The molecule has 1 amide bonds. The van der Waals surface area contributed by atoms with Gasteiger partial charge in [-0.15, -0.1) is 0 Å². The van der Waals surface area contributed by atoms with E-state index in [9.17, 15) is 13.2 Å². The lowest BCUT2D eigenvalue weighted by atomic mass is 10.2. The highest BCUT2D eigenvalue weighted by atomic mass is 32.2. The Labute approximate surface area is 208 Å². The molecule has 0 aliphatic carbocycles. The molecule has 1 aromatic heterocycles. The molecule has 4 rings (SSSR count). The smallest absolute Gasteiger partial charge is 0.243 e. The molecular weight excluding hydrogens is 462 g/mol. The van der Waals surface area contributed by atoms with Crippen molar-refractivity contribution in [2.75, 3.05) is 39.3 Å². The van der Waals surface area contributed by atoms with Gasteiger partial charge in [-0.1, -0.05) is 44.2 Å². The van der Waals surface area contributed by atoms with Crippen molar-refractivity contribution >= 4 is 27.0 Å². The molecule has 3 aromatic rings. The zero-order valence-corrected chi connectivity index (χ0v) is 21.7. The van der Waals surface area contributed by atoms with Gasteiger partial charge in [-0.05, 0) is 23.8 Å². The molecule has 1 saturated heterocycles. The molecule has 0 radical (unpaired) electrons. The molecule has 1 aliphatic heterocycles. The van der Waals surface area contributed by atoms with Crippen LogP contribution in [0.3, 0.4) is 0 Å². The summed E-state index contributed by atoms with van der Waals surface area (Å²) in [6, 6.07) is 15.5. The Morgan fingerprint density at radius 2 is 1.69 bits per heavy atom. The highest BCUT2D eigenvalue weighted by Crippen LogP contribution is 2.23. The molecule has 8 nitrogen and oxygen atoms in total. The summed E-state index contributed by atoms with van der Waals surface area (Å²) in [4.78, 5) is 22.1. The number of hydrogen-bond acceptors (Lipinski definition) is 5. The van der Waals surface area contributed by atoms with Crippen molar-refractivity contribution in [3.8, 4) is 0 Å². The highest BCUT2D eigenvalue weighted by molar-refractivity contribution is 7.89. The van der Waals surface area contributed by atoms with Gasteiger partial charge >= 0.3 is 0 Å². The van der Waals surface area contributed by atoms with Crippen molar-refractivity contribution in [1.82, 2.24) is 23.7 Å². The first-order chi connectivity index (χ1) is 16.8. The third-order valence-electron chi connectivity index (χ3n) is 6.82. The maximum absolute atomic E-state index is 12.9. The average molecular weight is 498 g/mol. The minimum absolute atomic E-state index is 0.140. The molecule has 2 aromatic carbocycles. The number of hydrogen-bond donors (Lipinski definition) is 0. The summed E-state index contributed by atoms with van der Waals surface area (Å²) in [6.07, 6.45) is 0.910. The third-order valence-corrected chi connectivity index (χ3v) is 8.87. The summed E-state index contributed by atoms with van der Waals surface area (Å²) in [5.74, 6) is 0.926. The number of aromatic nitrogens is 2. The summed E-state index contributed by atoms with van der Waals surface area (Å²) >= 11 is 0. The molecule has 0 N–H and O–H groups in total. The summed E-state index contributed by atoms with van der Waals surface area (Å²) in [5, 5.41) is 0. The van der Waals surface area contributed by atoms with Crippen LogP contribution in [0.25, 0.3) is 11.0 Å². The first kappa shape index (κ1) is 25.3. The van der Waals surface area contributed by atoms with Gasteiger partial charge in [-0.25, -0.2) is 13.4 Å². The van der Waals surface area contributed by atoms with Gasteiger partial charge in [0.1, 0.15) is 5.82 Å². The predicted octanol–water partition coefficient (Wildman–Crippen LogP) is 2.88. The highest BCUT2D eigenvalue weighted by Gasteiger charge is 2.24. The normalized spacial score (nSPS) is 15.3. The summed E-state index contributed by atoms with van der Waals surface area (Å²) in [6.45, 7) is 8.64. The van der Waals surface area contributed by atoms with Gasteiger partial charge in [0.05, 0.1) is 15.9 Å². The zero-order valence-electron chi connectivity index (χ0n) is 20.9. The number of sulfonamides is 1. The molecule has 0 atom stereocenters. The van der Waals surface area contributed by atoms with Gasteiger partial charge in [-0.3, -0.25) is 9.69 Å². The van der Waals surface area contributed by atoms with E-state index in [2.05, 4.69) is 34.1 Å². The van der Waals surface area contributed by atoms with Crippen LogP contribution in [0.1, 0.15) is 31.7 Å². The van der Waals surface area contributed by atoms with E-state index < -0.39 is 10.0 Å². The summed E-state index contributed by atoms with van der Waals surface area (Å²) in [7, 11) is -1.63. The van der Waals surface area contributed by atoms with E-state index in [1.807, 2.05) is 36.4 Å². The van der Waals surface area contributed by atoms with Gasteiger partial charge in [0.15, 0.2) is 0 Å². The Bertz CT molecular complexity index is 1260. The monoisotopic (exact) mass is 497 g/mol. The largest absolute Gasteiger partial charge is 0.340 e. The quantitative estimate of drug-likeness (QED) is 0.454. The Morgan fingerprint density at radius 3 is 2.34 bits per heavy atom. The molecule has 0 spiro atoms. The standard InChI is InChI=1S/C26H35N5O3S/c1-4-31(5-2)35(33,34)22-11-12-24-23(19-22)27-25(28(24)3)13-14-26(32)30-17-15-29(16-18-30)20-21-9-7-6-8-10-21/h6-12,19H,4-5,13-18,20H2,1-3H3. The van der Waals surface area contributed by atoms with E-state index in [-0.39, 0.29) is 10.8 Å². The van der Waals surface area contributed by atoms with Gasteiger partial charge in [0.2, 0.25) is 15.9 Å². The average Bonchev–Trinajstić information content (AvgIpc) is 3.19. The maximum atomic E-state index is 12.9. The van der Waals surface area contributed by atoms with E-state index in [1.54, 1.807) is 18.2 Å². The van der Waals surface area contributed by atoms with Crippen LogP contribution >= 0.6 is 0 Å². The van der Waals surface area contributed by atoms with Crippen LogP contribution in [0.15, 0.2) is 53.4 Å². The summed E-state index contributed by atoms with van der Waals surface area (Å²) < 4.78 is 29.2. The van der Waals surface area contributed by atoms with Crippen molar-refractivity contribution in [1.29, 1.82) is 0 Å². The van der Waals surface area contributed by atoms with Gasteiger partial charge in [-0.2, -0.15) is 4.31 Å². The molecule has 0 saturated carbocycles. The predicted molar refractivity (Wildman–Crippen MR) is 137 cm³/mol. The molecule has 1 aliphatic rings. The van der Waals surface area contributed by atoms with Crippen LogP contribution in [0.5, 0.6) is 0 Å². The number of piperazine rings is 1. The van der Waals surface area contributed by atoms with Crippen LogP contribution in [-0.2, 0) is 34.8 Å². The number of fused-ring (bicyclic) bond motifs is 1. The van der Waals surface area contributed by atoms with Crippen molar-refractivity contribution < 1.29 is 13.2 Å². The second-order valence-electron chi connectivity index (χ2n) is 8.97. The van der Waals surface area contributed by atoms with Gasteiger partial charge in [0.25, 0.3) is 0 Å². The SMILES string of the molecule is CCN(CC)S(=O)(=O)c1ccc2c(c1)nc(CCC(=O)N1CCN(Cc3ccccc3)CC1)n2C. The molecule has 0 bridgehead atoms. The molecule has 2 heterocycles. The fraction of sp³-hybridized carbons (Fsp3) is 0.462. The molecule has 1 fully saturated rings. The van der Waals surface area contributed by atoms with Gasteiger partial charge in [0, 0.05) is 65.7 Å². The maximum Gasteiger partial charge on any atom is 0.243 e. The fourth-order valence-corrected chi connectivity index (χ4v) is 6.18. The fourth-order valence-electron chi connectivity index (χ4n) is 4.70. The minimum atomic E-state index is -3.54. The number of aryl methyl sites for hydroxylation is 2. The Kier molecular flexibility index (Phi) is 7.88. The lowest BCUT2D eigenvalue weighted by Gasteiger charge is -2.34. The van der Waals surface area contributed by atoms with E-state index >= 15 is 0 Å². The number of carbonyl (C=O) groups excluding carboxylic acids is 1. The minimum Gasteiger partial charge on any atom is -0.340 e. The third kappa shape index (κ3) is 5.58. The van der Waals surface area contributed by atoms with Crippen LogP contribution in [0, 0.1) is 0 Å². The number of nitrogens with zero attached hydrogens (tertiary/aromatic N) is 5. The molecule has 9 heteroatoms. The summed E-state index contributed by atoms with van der Waals surface area (Å²) in [5.41, 5.74) is 2.79. The van der Waals surface area contributed by atoms with Crippen molar-refractivity contribution in [2.45, 2.75) is 38.1 Å². The van der Waals surface area contributed by atoms with E-state index in [0.717, 1.165) is 44.1 Å². The first-order valence-corrected chi connectivity index (χ1v) is 13.8. The second kappa shape index (κ2) is 10.9. The van der Waals surface area contributed by atoms with Crippen LogP contribution in [0.4, 0.5) is 0 Å². The van der Waals surface area contributed by atoms with E-state index in [4.69, 9.17) is 0 Å². The van der Waals surface area contributed by atoms with E-state index in [0.29, 0.717) is 31.4 Å². The van der Waals surface area contributed by atoms with Gasteiger partial charge < -0.3 is 9.47 Å².